The highest BCUT2D eigenvalue weighted by Crippen LogP contribution is 2.22. The average molecular weight is 266 g/mol. The molecule has 0 amide bonds. The first kappa shape index (κ1) is 15.9. The van der Waals surface area contributed by atoms with E-state index in [1.54, 1.807) is 0 Å². The van der Waals surface area contributed by atoms with E-state index in [0.717, 1.165) is 23.0 Å². The van der Waals surface area contributed by atoms with Crippen molar-refractivity contribution in [1.82, 2.24) is 0 Å². The normalized spacial score (nSPS) is 9.35. The van der Waals surface area contributed by atoms with E-state index in [1.807, 2.05) is 50.2 Å². The van der Waals surface area contributed by atoms with Crippen LogP contribution in [0.4, 0.5) is 0 Å². The van der Waals surface area contributed by atoms with Crippen molar-refractivity contribution in [1.29, 1.82) is 0 Å². The van der Waals surface area contributed by atoms with E-state index in [0.29, 0.717) is 6.42 Å². The second kappa shape index (κ2) is 8.11. The minimum absolute atomic E-state index is 0.708. The second-order valence-electron chi connectivity index (χ2n) is 4.41. The molecule has 0 aromatic heterocycles. The Kier molecular flexibility index (Phi) is 6.45. The van der Waals surface area contributed by atoms with Gasteiger partial charge in [-0.15, -0.1) is 0 Å². The highest BCUT2D eigenvalue weighted by Gasteiger charge is 2.06. The number of aldehydes is 1. The SMILES string of the molecule is C=C(Cc1ccccc1C=O)c1ccccc1C.CC. The van der Waals surface area contributed by atoms with Crippen LogP contribution in [0.3, 0.4) is 0 Å². The van der Waals surface area contributed by atoms with Crippen LogP contribution in [0.2, 0.25) is 0 Å². The fraction of sp³-hybridized carbons (Fsp3) is 0.211. The monoisotopic (exact) mass is 266 g/mol. The first-order valence-electron chi connectivity index (χ1n) is 6.99. The zero-order valence-corrected chi connectivity index (χ0v) is 12.5. The van der Waals surface area contributed by atoms with Gasteiger partial charge in [0.25, 0.3) is 0 Å². The number of carbonyl (C=O) groups excluding carboxylic acids is 1. The summed E-state index contributed by atoms with van der Waals surface area (Å²) >= 11 is 0. The average Bonchev–Trinajstić information content (AvgIpc) is 2.50. The summed E-state index contributed by atoms with van der Waals surface area (Å²) in [4.78, 5) is 11.0. The predicted octanol–water partition coefficient (Wildman–Crippen LogP) is 5.09. The van der Waals surface area contributed by atoms with Gasteiger partial charge in [-0.3, -0.25) is 4.79 Å². The zero-order valence-electron chi connectivity index (χ0n) is 12.5. The number of hydrogen-bond donors (Lipinski definition) is 0. The molecule has 2 rings (SSSR count). The fourth-order valence-corrected chi connectivity index (χ4v) is 2.10. The number of benzene rings is 2. The van der Waals surface area contributed by atoms with Crippen LogP contribution in [0.15, 0.2) is 55.1 Å². The van der Waals surface area contributed by atoms with Crippen LogP contribution < -0.4 is 0 Å². The van der Waals surface area contributed by atoms with Crippen LogP contribution in [0.5, 0.6) is 0 Å². The molecule has 0 saturated heterocycles. The number of aryl methyl sites for hydroxylation is 1. The van der Waals surface area contributed by atoms with E-state index >= 15 is 0 Å². The maximum atomic E-state index is 11.0. The van der Waals surface area contributed by atoms with Crippen molar-refractivity contribution in [3.8, 4) is 0 Å². The van der Waals surface area contributed by atoms with E-state index in [-0.39, 0.29) is 0 Å². The van der Waals surface area contributed by atoms with Gasteiger partial charge in [-0.05, 0) is 35.6 Å². The Morgan fingerprint density at radius 1 is 1.05 bits per heavy atom. The van der Waals surface area contributed by atoms with Crippen LogP contribution in [0.25, 0.3) is 5.57 Å². The van der Waals surface area contributed by atoms with Gasteiger partial charge < -0.3 is 0 Å². The third-order valence-corrected chi connectivity index (χ3v) is 3.11. The maximum absolute atomic E-state index is 11.0. The third kappa shape index (κ3) is 3.92. The van der Waals surface area contributed by atoms with Gasteiger partial charge in [-0.2, -0.15) is 0 Å². The summed E-state index contributed by atoms with van der Waals surface area (Å²) in [7, 11) is 0. The van der Waals surface area contributed by atoms with Crippen molar-refractivity contribution in [3.63, 3.8) is 0 Å². The smallest absolute Gasteiger partial charge is 0.150 e. The Balaban J connectivity index is 0.000000956. The highest BCUT2D eigenvalue weighted by atomic mass is 16.1. The lowest BCUT2D eigenvalue weighted by Crippen LogP contribution is -1.96. The van der Waals surface area contributed by atoms with Gasteiger partial charge in [0.05, 0.1) is 0 Å². The summed E-state index contributed by atoms with van der Waals surface area (Å²) in [5.41, 5.74) is 5.19. The maximum Gasteiger partial charge on any atom is 0.150 e. The molecule has 0 fully saturated rings. The summed E-state index contributed by atoms with van der Waals surface area (Å²) in [6.45, 7) is 10.2. The molecule has 1 heteroatoms. The molecule has 0 radical (unpaired) electrons. The van der Waals surface area contributed by atoms with Gasteiger partial charge in [0.2, 0.25) is 0 Å². The van der Waals surface area contributed by atoms with Gasteiger partial charge >= 0.3 is 0 Å². The van der Waals surface area contributed by atoms with Gasteiger partial charge in [0.1, 0.15) is 6.29 Å². The molecule has 0 unspecified atom stereocenters. The summed E-state index contributed by atoms with van der Waals surface area (Å²) in [5.74, 6) is 0. The van der Waals surface area contributed by atoms with Crippen molar-refractivity contribution in [2.75, 3.05) is 0 Å². The molecule has 0 saturated carbocycles. The highest BCUT2D eigenvalue weighted by molar-refractivity contribution is 5.79. The molecule has 0 aliphatic carbocycles. The lowest BCUT2D eigenvalue weighted by atomic mass is 9.94. The van der Waals surface area contributed by atoms with Gasteiger partial charge in [0, 0.05) is 5.56 Å². The van der Waals surface area contributed by atoms with Gasteiger partial charge in [-0.25, -0.2) is 0 Å². The van der Waals surface area contributed by atoms with Crippen LogP contribution in [0.1, 0.15) is 40.9 Å². The summed E-state index contributed by atoms with van der Waals surface area (Å²) in [6.07, 6.45) is 1.61. The largest absolute Gasteiger partial charge is 0.298 e. The molecule has 0 atom stereocenters. The van der Waals surface area contributed by atoms with Crippen LogP contribution in [-0.2, 0) is 6.42 Å². The quantitative estimate of drug-likeness (QED) is 0.704. The second-order valence-corrected chi connectivity index (χ2v) is 4.41. The van der Waals surface area contributed by atoms with Crippen LogP contribution in [0, 0.1) is 6.92 Å². The molecule has 0 spiro atoms. The molecular weight excluding hydrogens is 244 g/mol. The molecule has 0 heterocycles. The number of rotatable bonds is 4. The first-order valence-corrected chi connectivity index (χ1v) is 6.99. The molecular formula is C19H22O. The van der Waals surface area contributed by atoms with E-state index in [4.69, 9.17) is 0 Å². The summed E-state index contributed by atoms with van der Waals surface area (Å²) in [6, 6.07) is 15.8. The van der Waals surface area contributed by atoms with Crippen molar-refractivity contribution >= 4 is 11.9 Å². The van der Waals surface area contributed by atoms with E-state index in [1.165, 1.54) is 11.1 Å². The molecule has 0 bridgehead atoms. The molecule has 1 nitrogen and oxygen atoms in total. The Hall–Kier alpha value is -2.15. The van der Waals surface area contributed by atoms with Crippen molar-refractivity contribution in [2.24, 2.45) is 0 Å². The first-order chi connectivity index (χ1) is 9.72. The lowest BCUT2D eigenvalue weighted by molar-refractivity contribution is 0.112. The summed E-state index contributed by atoms with van der Waals surface area (Å²) < 4.78 is 0. The number of carbonyl (C=O) groups is 1. The summed E-state index contributed by atoms with van der Waals surface area (Å²) in [5, 5.41) is 0. The minimum Gasteiger partial charge on any atom is -0.298 e. The zero-order chi connectivity index (χ0) is 15.0. The predicted molar refractivity (Wildman–Crippen MR) is 87.1 cm³/mol. The Morgan fingerprint density at radius 2 is 1.65 bits per heavy atom. The fourth-order valence-electron chi connectivity index (χ4n) is 2.10. The van der Waals surface area contributed by atoms with Crippen LogP contribution in [-0.4, -0.2) is 6.29 Å². The molecule has 0 N–H and O–H groups in total. The molecule has 0 aliphatic heterocycles. The number of hydrogen-bond acceptors (Lipinski definition) is 1. The molecule has 2 aromatic carbocycles. The Morgan fingerprint density at radius 3 is 2.30 bits per heavy atom. The van der Waals surface area contributed by atoms with Gasteiger partial charge in [0.15, 0.2) is 0 Å². The van der Waals surface area contributed by atoms with Crippen molar-refractivity contribution < 1.29 is 4.79 Å². The van der Waals surface area contributed by atoms with Crippen LogP contribution >= 0.6 is 0 Å². The molecule has 104 valence electrons. The van der Waals surface area contributed by atoms with E-state index < -0.39 is 0 Å². The van der Waals surface area contributed by atoms with Crippen molar-refractivity contribution in [2.45, 2.75) is 27.2 Å². The Labute approximate surface area is 122 Å². The van der Waals surface area contributed by atoms with E-state index in [2.05, 4.69) is 25.6 Å². The lowest BCUT2D eigenvalue weighted by Gasteiger charge is -2.10. The topological polar surface area (TPSA) is 17.1 Å². The number of allylic oxidation sites excluding steroid dienone is 1. The van der Waals surface area contributed by atoms with Gasteiger partial charge in [-0.1, -0.05) is 69.0 Å². The Bertz CT molecular complexity index is 582. The van der Waals surface area contributed by atoms with E-state index in [9.17, 15) is 4.79 Å². The third-order valence-electron chi connectivity index (χ3n) is 3.11. The molecule has 20 heavy (non-hydrogen) atoms. The minimum atomic E-state index is 0.708. The molecule has 0 aliphatic rings. The van der Waals surface area contributed by atoms with Crippen molar-refractivity contribution in [3.05, 3.63) is 77.4 Å². The standard InChI is InChI=1S/C17H16O.C2H6/c1-13-7-3-6-10-17(13)14(2)11-15-8-4-5-9-16(15)12-18;1-2/h3-10,12H,2,11H2,1H3;1-2H3. The molecule has 2 aromatic rings.